The van der Waals surface area contributed by atoms with Gasteiger partial charge in [-0.3, -0.25) is 14.4 Å². The van der Waals surface area contributed by atoms with Crippen molar-refractivity contribution in [2.45, 2.75) is 44.8 Å². The van der Waals surface area contributed by atoms with E-state index in [0.717, 1.165) is 0 Å². The molecule has 44 heavy (non-hydrogen) atoms. The Labute approximate surface area is 265 Å². The first-order valence-corrected chi connectivity index (χ1v) is 14.9. The SMILES string of the molecule is COc1ccccc1NC(=O)C1C(=O)CC(C)(O)C(C(=O)Nc2ccccc2OC)C1c1cc(Br)c(OC(C)C)c(OC)c1. The smallest absolute Gasteiger partial charge is 0.235 e. The molecule has 1 fully saturated rings. The van der Waals surface area contributed by atoms with Crippen molar-refractivity contribution in [1.29, 1.82) is 0 Å². The van der Waals surface area contributed by atoms with Crippen molar-refractivity contribution >= 4 is 44.9 Å². The van der Waals surface area contributed by atoms with E-state index in [1.165, 1.54) is 28.3 Å². The van der Waals surface area contributed by atoms with Crippen LogP contribution in [-0.4, -0.2) is 55.7 Å². The van der Waals surface area contributed by atoms with Crippen LogP contribution >= 0.6 is 15.9 Å². The quantitative estimate of drug-likeness (QED) is 0.239. The molecule has 234 valence electrons. The Morgan fingerprint density at radius 1 is 0.886 bits per heavy atom. The second-order valence-corrected chi connectivity index (χ2v) is 11.9. The first-order chi connectivity index (χ1) is 20.9. The van der Waals surface area contributed by atoms with Crippen LogP contribution < -0.4 is 29.6 Å². The molecule has 3 aromatic rings. The number of ketones is 1. The molecule has 1 aliphatic rings. The van der Waals surface area contributed by atoms with Crippen LogP contribution in [0, 0.1) is 11.8 Å². The van der Waals surface area contributed by atoms with Gasteiger partial charge in [-0.1, -0.05) is 24.3 Å². The van der Waals surface area contributed by atoms with E-state index >= 15 is 0 Å². The van der Waals surface area contributed by atoms with Gasteiger partial charge >= 0.3 is 0 Å². The molecule has 4 atom stereocenters. The zero-order valence-corrected chi connectivity index (χ0v) is 27.1. The fraction of sp³-hybridized carbons (Fsp3) is 0.364. The summed E-state index contributed by atoms with van der Waals surface area (Å²) >= 11 is 3.55. The molecule has 0 aliphatic heterocycles. The number of carbonyl (C=O) groups is 3. The van der Waals surface area contributed by atoms with Crippen LogP contribution in [0.1, 0.15) is 38.7 Å². The van der Waals surface area contributed by atoms with Crippen molar-refractivity contribution in [3.05, 3.63) is 70.7 Å². The number of anilines is 2. The summed E-state index contributed by atoms with van der Waals surface area (Å²) in [6.07, 6.45) is -0.605. The Morgan fingerprint density at radius 3 is 1.93 bits per heavy atom. The van der Waals surface area contributed by atoms with E-state index in [1.807, 2.05) is 13.8 Å². The zero-order valence-electron chi connectivity index (χ0n) is 25.5. The lowest BCUT2D eigenvalue weighted by atomic mass is 9.61. The van der Waals surface area contributed by atoms with Crippen molar-refractivity contribution in [2.24, 2.45) is 11.8 Å². The van der Waals surface area contributed by atoms with Crippen molar-refractivity contribution in [3.8, 4) is 23.0 Å². The van der Waals surface area contributed by atoms with Crippen LogP contribution in [0.4, 0.5) is 11.4 Å². The number of benzene rings is 3. The van der Waals surface area contributed by atoms with Gasteiger partial charge in [-0.15, -0.1) is 0 Å². The molecule has 0 saturated heterocycles. The van der Waals surface area contributed by atoms with Crippen molar-refractivity contribution < 1.29 is 38.4 Å². The molecule has 3 aromatic carbocycles. The van der Waals surface area contributed by atoms with E-state index in [2.05, 4.69) is 26.6 Å². The van der Waals surface area contributed by atoms with Gasteiger partial charge in [0.1, 0.15) is 23.2 Å². The average Bonchev–Trinajstić information content (AvgIpc) is 2.97. The number of methoxy groups -OCH3 is 3. The minimum absolute atomic E-state index is 0.179. The maximum Gasteiger partial charge on any atom is 0.235 e. The van der Waals surface area contributed by atoms with E-state index in [4.69, 9.17) is 18.9 Å². The normalized spacial score (nSPS) is 21.4. The molecular weight excluding hydrogens is 632 g/mol. The summed E-state index contributed by atoms with van der Waals surface area (Å²) in [5.74, 6) is -3.93. The largest absolute Gasteiger partial charge is 0.495 e. The molecule has 1 aliphatic carbocycles. The first kappa shape index (κ1) is 32.8. The third-order valence-electron chi connectivity index (χ3n) is 7.55. The molecule has 1 saturated carbocycles. The number of aliphatic hydroxyl groups is 1. The monoisotopic (exact) mass is 668 g/mol. The molecule has 0 bridgehead atoms. The van der Waals surface area contributed by atoms with E-state index in [1.54, 1.807) is 60.7 Å². The summed E-state index contributed by atoms with van der Waals surface area (Å²) in [5.41, 5.74) is -0.667. The van der Waals surface area contributed by atoms with Crippen LogP contribution in [0.25, 0.3) is 0 Å². The maximum atomic E-state index is 14.2. The number of carbonyl (C=O) groups excluding carboxylic acids is 3. The summed E-state index contributed by atoms with van der Waals surface area (Å²) < 4.78 is 22.9. The molecule has 0 heterocycles. The predicted molar refractivity (Wildman–Crippen MR) is 170 cm³/mol. The van der Waals surface area contributed by atoms with Crippen LogP contribution in [-0.2, 0) is 14.4 Å². The van der Waals surface area contributed by atoms with Gasteiger partial charge in [-0.05, 0) is 78.7 Å². The Morgan fingerprint density at radius 2 is 1.41 bits per heavy atom. The van der Waals surface area contributed by atoms with Gasteiger partial charge in [0, 0.05) is 12.3 Å². The number of halogens is 1. The van der Waals surface area contributed by atoms with Gasteiger partial charge in [0.05, 0.1) is 54.8 Å². The highest BCUT2D eigenvalue weighted by Gasteiger charge is 2.56. The molecule has 0 radical (unpaired) electrons. The predicted octanol–water partition coefficient (Wildman–Crippen LogP) is 5.58. The fourth-order valence-electron chi connectivity index (χ4n) is 5.69. The average molecular weight is 670 g/mol. The summed E-state index contributed by atoms with van der Waals surface area (Å²) in [6.45, 7) is 5.17. The van der Waals surface area contributed by atoms with Crippen molar-refractivity contribution in [2.75, 3.05) is 32.0 Å². The van der Waals surface area contributed by atoms with Crippen molar-refractivity contribution in [3.63, 3.8) is 0 Å². The minimum atomic E-state index is -1.82. The van der Waals surface area contributed by atoms with E-state index in [-0.39, 0.29) is 6.10 Å². The number of para-hydroxylation sites is 4. The molecule has 0 spiro atoms. The van der Waals surface area contributed by atoms with Crippen LogP contribution in [0.3, 0.4) is 0 Å². The Bertz CT molecular complexity index is 1540. The summed E-state index contributed by atoms with van der Waals surface area (Å²) in [4.78, 5) is 42.0. The van der Waals surface area contributed by atoms with Gasteiger partial charge < -0.3 is 34.7 Å². The first-order valence-electron chi connectivity index (χ1n) is 14.1. The van der Waals surface area contributed by atoms with Gasteiger partial charge in [0.2, 0.25) is 11.8 Å². The zero-order chi connectivity index (χ0) is 32.2. The molecule has 11 heteroatoms. The lowest BCUT2D eigenvalue weighted by Crippen LogP contribution is -2.56. The molecule has 4 rings (SSSR count). The van der Waals surface area contributed by atoms with Crippen molar-refractivity contribution in [1.82, 2.24) is 0 Å². The Kier molecular flexibility index (Phi) is 10.2. The maximum absolute atomic E-state index is 14.2. The number of hydrogen-bond acceptors (Lipinski definition) is 8. The van der Waals surface area contributed by atoms with Gasteiger partial charge in [-0.2, -0.15) is 0 Å². The Balaban J connectivity index is 1.88. The highest BCUT2D eigenvalue weighted by molar-refractivity contribution is 9.10. The topological polar surface area (TPSA) is 132 Å². The van der Waals surface area contributed by atoms with Gasteiger partial charge in [0.25, 0.3) is 0 Å². The van der Waals surface area contributed by atoms with Crippen LogP contribution in [0.5, 0.6) is 23.0 Å². The summed E-state index contributed by atoms with van der Waals surface area (Å²) in [7, 11) is 4.42. The molecule has 0 aromatic heterocycles. The molecule has 3 N–H and O–H groups in total. The molecular formula is C33H37BrN2O8. The van der Waals surface area contributed by atoms with Gasteiger partial charge in [-0.25, -0.2) is 0 Å². The van der Waals surface area contributed by atoms with Gasteiger partial charge in [0.15, 0.2) is 11.5 Å². The second kappa shape index (κ2) is 13.7. The number of Topliss-reactive ketones (excluding diaryl/α,β-unsaturated/α-hetero) is 1. The third kappa shape index (κ3) is 6.84. The lowest BCUT2D eigenvalue weighted by Gasteiger charge is -2.44. The van der Waals surface area contributed by atoms with E-state index in [9.17, 15) is 19.5 Å². The lowest BCUT2D eigenvalue weighted by molar-refractivity contribution is -0.150. The summed E-state index contributed by atoms with van der Waals surface area (Å²) in [6, 6.07) is 17.0. The molecule has 10 nitrogen and oxygen atoms in total. The third-order valence-corrected chi connectivity index (χ3v) is 8.14. The van der Waals surface area contributed by atoms with Crippen LogP contribution in [0.15, 0.2) is 65.1 Å². The molecule has 4 unspecified atom stereocenters. The minimum Gasteiger partial charge on any atom is -0.495 e. The number of rotatable bonds is 10. The number of amides is 2. The summed E-state index contributed by atoms with van der Waals surface area (Å²) in [5, 5.41) is 17.4. The van der Waals surface area contributed by atoms with E-state index in [0.29, 0.717) is 44.4 Å². The number of hydrogen-bond donors (Lipinski definition) is 3. The Hall–Kier alpha value is -4.09. The highest BCUT2D eigenvalue weighted by Crippen LogP contribution is 2.50. The second-order valence-electron chi connectivity index (χ2n) is 11.1. The number of nitrogens with one attached hydrogen (secondary N) is 2. The number of ether oxygens (including phenoxy) is 4. The molecule has 2 amide bonds. The van der Waals surface area contributed by atoms with Crippen LogP contribution in [0.2, 0.25) is 0 Å². The standard InChI is InChI=1S/C33H37BrN2O8/c1-18(2)44-30-20(34)15-19(16-26(30)43-6)27-28(31(38)35-21-11-7-9-13-24(21)41-4)23(37)17-33(3,40)29(27)32(39)36-22-12-8-10-14-25(22)42-5/h7-16,18,27-29,40H,17H2,1-6H3,(H,35,38)(H,36,39). The van der Waals surface area contributed by atoms with E-state index < -0.39 is 47.4 Å². The fourth-order valence-corrected chi connectivity index (χ4v) is 6.24. The highest BCUT2D eigenvalue weighted by atomic mass is 79.9.